The molecule has 1 saturated heterocycles. The molecule has 16 heavy (non-hydrogen) atoms. The maximum Gasteiger partial charge on any atom is 0.0187 e. The van der Waals surface area contributed by atoms with Gasteiger partial charge in [-0.3, -0.25) is 0 Å². The molecular weight excluding hydrogens is 252 g/mol. The first kappa shape index (κ1) is 11.4. The van der Waals surface area contributed by atoms with E-state index >= 15 is 0 Å². The Morgan fingerprint density at radius 2 is 1.25 bits per heavy atom. The molecule has 1 spiro atoms. The zero-order valence-electron chi connectivity index (χ0n) is 9.28. The molecule has 2 aliphatic rings. The van der Waals surface area contributed by atoms with Crippen molar-refractivity contribution in [2.45, 2.75) is 11.5 Å². The van der Waals surface area contributed by atoms with Gasteiger partial charge >= 0.3 is 0 Å². The molecule has 0 saturated carbocycles. The van der Waals surface area contributed by atoms with Crippen molar-refractivity contribution in [2.24, 2.45) is 5.41 Å². The Bertz CT molecular complexity index is 340. The molecule has 0 bridgehead atoms. The summed E-state index contributed by atoms with van der Waals surface area (Å²) in [4.78, 5) is 0. The van der Waals surface area contributed by atoms with Gasteiger partial charge in [0.25, 0.3) is 0 Å². The smallest absolute Gasteiger partial charge is 0.0187 e. The van der Waals surface area contributed by atoms with Crippen molar-refractivity contribution in [3.05, 3.63) is 35.4 Å². The van der Waals surface area contributed by atoms with Crippen molar-refractivity contribution < 1.29 is 0 Å². The highest BCUT2D eigenvalue weighted by molar-refractivity contribution is 8.02. The molecule has 0 unspecified atom stereocenters. The summed E-state index contributed by atoms with van der Waals surface area (Å²) in [5, 5.41) is 0. The van der Waals surface area contributed by atoms with Gasteiger partial charge in [-0.2, -0.15) is 35.3 Å². The molecule has 2 heterocycles. The number of rotatable bonds is 0. The molecular formula is C13H16S3. The van der Waals surface area contributed by atoms with E-state index in [2.05, 4.69) is 59.6 Å². The monoisotopic (exact) mass is 268 g/mol. The highest BCUT2D eigenvalue weighted by Gasteiger charge is 2.37. The lowest BCUT2D eigenvalue weighted by atomic mass is 9.98. The van der Waals surface area contributed by atoms with Gasteiger partial charge in [-0.15, -0.1) is 0 Å². The van der Waals surface area contributed by atoms with Crippen molar-refractivity contribution in [1.29, 1.82) is 0 Å². The summed E-state index contributed by atoms with van der Waals surface area (Å²) < 4.78 is 0. The van der Waals surface area contributed by atoms with Gasteiger partial charge in [-0.25, -0.2) is 0 Å². The number of thioether (sulfide) groups is 3. The fourth-order valence-electron chi connectivity index (χ4n) is 2.19. The molecule has 3 rings (SSSR count). The predicted octanol–water partition coefficient (Wildman–Crippen LogP) is 3.90. The second-order valence-corrected chi connectivity index (χ2v) is 7.70. The summed E-state index contributed by atoms with van der Waals surface area (Å²) in [6, 6.07) is 8.96. The molecule has 0 N–H and O–H groups in total. The highest BCUT2D eigenvalue weighted by Crippen LogP contribution is 2.45. The Hall–Kier alpha value is 0.270. The summed E-state index contributed by atoms with van der Waals surface area (Å²) in [6.45, 7) is 0. The summed E-state index contributed by atoms with van der Waals surface area (Å²) >= 11 is 6.40. The van der Waals surface area contributed by atoms with E-state index in [0.29, 0.717) is 5.41 Å². The van der Waals surface area contributed by atoms with E-state index in [1.807, 2.05) is 0 Å². The van der Waals surface area contributed by atoms with E-state index in [0.717, 1.165) is 0 Å². The third-order valence-corrected chi connectivity index (χ3v) is 7.56. The summed E-state index contributed by atoms with van der Waals surface area (Å²) in [6.07, 6.45) is 0. The molecule has 1 aromatic rings. The average molecular weight is 268 g/mol. The van der Waals surface area contributed by atoms with Crippen LogP contribution in [0.1, 0.15) is 11.1 Å². The standard InChI is InChI=1S/C13H16S3/c1-2-4-12-6-15-8-13(9-16-10-13)7-14-5-11(12)3-1/h1-4H,5-10H2. The van der Waals surface area contributed by atoms with E-state index in [4.69, 9.17) is 0 Å². The van der Waals surface area contributed by atoms with Gasteiger partial charge in [0.2, 0.25) is 0 Å². The molecule has 0 aromatic heterocycles. The summed E-state index contributed by atoms with van der Waals surface area (Å²) in [7, 11) is 0. The van der Waals surface area contributed by atoms with Crippen LogP contribution in [0, 0.1) is 5.41 Å². The van der Waals surface area contributed by atoms with E-state index in [9.17, 15) is 0 Å². The van der Waals surface area contributed by atoms with Crippen LogP contribution in [-0.4, -0.2) is 23.0 Å². The Balaban J connectivity index is 1.76. The van der Waals surface area contributed by atoms with Gasteiger partial charge in [-0.05, 0) is 11.1 Å². The van der Waals surface area contributed by atoms with Gasteiger partial charge in [0.05, 0.1) is 0 Å². The topological polar surface area (TPSA) is 0 Å². The van der Waals surface area contributed by atoms with Crippen LogP contribution in [0.3, 0.4) is 0 Å². The van der Waals surface area contributed by atoms with Crippen LogP contribution in [0.5, 0.6) is 0 Å². The predicted molar refractivity (Wildman–Crippen MR) is 78.5 cm³/mol. The maximum atomic E-state index is 2.30. The third-order valence-electron chi connectivity index (χ3n) is 3.27. The van der Waals surface area contributed by atoms with E-state index < -0.39 is 0 Å². The first-order valence-corrected chi connectivity index (χ1v) is 9.14. The molecule has 1 fully saturated rings. The first-order chi connectivity index (χ1) is 7.88. The second-order valence-electron chi connectivity index (χ2n) is 4.75. The van der Waals surface area contributed by atoms with Crippen LogP contribution < -0.4 is 0 Å². The minimum atomic E-state index is 0.669. The maximum absolute atomic E-state index is 2.30. The minimum absolute atomic E-state index is 0.669. The molecule has 0 atom stereocenters. The van der Waals surface area contributed by atoms with Crippen molar-refractivity contribution in [3.63, 3.8) is 0 Å². The lowest BCUT2D eigenvalue weighted by molar-refractivity contribution is 0.484. The molecule has 0 aliphatic carbocycles. The fourth-order valence-corrected chi connectivity index (χ4v) is 6.71. The highest BCUT2D eigenvalue weighted by atomic mass is 32.2. The van der Waals surface area contributed by atoms with Gasteiger partial charge < -0.3 is 0 Å². The number of benzene rings is 1. The van der Waals surface area contributed by atoms with Crippen molar-refractivity contribution >= 4 is 35.3 Å². The Labute approximate surface area is 110 Å². The zero-order valence-corrected chi connectivity index (χ0v) is 11.7. The first-order valence-electron chi connectivity index (χ1n) is 5.68. The van der Waals surface area contributed by atoms with E-state index in [1.54, 1.807) is 11.1 Å². The van der Waals surface area contributed by atoms with Crippen LogP contribution in [0.15, 0.2) is 24.3 Å². The van der Waals surface area contributed by atoms with Gasteiger partial charge in [0.15, 0.2) is 0 Å². The number of hydrogen-bond acceptors (Lipinski definition) is 3. The largest absolute Gasteiger partial charge is 0.161 e. The van der Waals surface area contributed by atoms with Crippen LogP contribution in [0.2, 0.25) is 0 Å². The van der Waals surface area contributed by atoms with Crippen molar-refractivity contribution in [2.75, 3.05) is 23.0 Å². The van der Waals surface area contributed by atoms with Gasteiger partial charge in [0, 0.05) is 39.9 Å². The Morgan fingerprint density at radius 3 is 1.69 bits per heavy atom. The molecule has 1 aromatic carbocycles. The van der Waals surface area contributed by atoms with E-state index in [-0.39, 0.29) is 0 Å². The van der Waals surface area contributed by atoms with Crippen molar-refractivity contribution in [1.82, 2.24) is 0 Å². The quantitative estimate of drug-likeness (QED) is 0.700. The normalized spacial score (nSPS) is 23.8. The van der Waals surface area contributed by atoms with Gasteiger partial charge in [-0.1, -0.05) is 24.3 Å². The molecule has 0 nitrogen and oxygen atoms in total. The van der Waals surface area contributed by atoms with Crippen LogP contribution in [0.4, 0.5) is 0 Å². The van der Waals surface area contributed by atoms with E-state index in [1.165, 1.54) is 34.5 Å². The zero-order chi connectivity index (χ0) is 10.8. The van der Waals surface area contributed by atoms with Gasteiger partial charge in [0.1, 0.15) is 0 Å². The number of hydrogen-bond donors (Lipinski definition) is 0. The molecule has 2 aliphatic heterocycles. The van der Waals surface area contributed by atoms with Crippen molar-refractivity contribution in [3.8, 4) is 0 Å². The Kier molecular flexibility index (Phi) is 3.46. The second kappa shape index (κ2) is 4.87. The van der Waals surface area contributed by atoms with Crippen LogP contribution in [0.25, 0.3) is 0 Å². The number of fused-ring (bicyclic) bond motifs is 1. The van der Waals surface area contributed by atoms with Crippen LogP contribution >= 0.6 is 35.3 Å². The molecule has 0 amide bonds. The molecule has 86 valence electrons. The average Bonchev–Trinajstić information content (AvgIpc) is 2.35. The molecule has 3 heteroatoms. The lowest BCUT2D eigenvalue weighted by Gasteiger charge is -2.40. The summed E-state index contributed by atoms with van der Waals surface area (Å²) in [5.41, 5.74) is 3.79. The van der Waals surface area contributed by atoms with Crippen LogP contribution in [-0.2, 0) is 11.5 Å². The third kappa shape index (κ3) is 2.27. The molecule has 0 radical (unpaired) electrons. The SMILES string of the molecule is c1ccc2c(c1)CSCC1(CSC2)CSC1. The minimum Gasteiger partial charge on any atom is -0.161 e. The lowest BCUT2D eigenvalue weighted by Crippen LogP contribution is -2.40. The summed E-state index contributed by atoms with van der Waals surface area (Å²) in [5.74, 6) is 7.93. The Morgan fingerprint density at radius 1 is 0.750 bits per heavy atom. The fraction of sp³-hybridized carbons (Fsp3) is 0.538.